The minimum absolute atomic E-state index is 0.137. The lowest BCUT2D eigenvalue weighted by Gasteiger charge is -2.02. The third kappa shape index (κ3) is 2.73. The molecule has 4 heterocycles. The number of H-pyrrole nitrogens is 2. The fourth-order valence-corrected chi connectivity index (χ4v) is 3.11. The first-order valence-corrected chi connectivity index (χ1v) is 8.45. The maximum Gasteiger partial charge on any atom is 0.247 e. The Bertz CT molecular complexity index is 1260. The zero-order chi connectivity index (χ0) is 18.2. The van der Waals surface area contributed by atoms with Gasteiger partial charge >= 0.3 is 0 Å². The highest BCUT2D eigenvalue weighted by atomic mass is 16.3. The van der Waals surface area contributed by atoms with Crippen LogP contribution in [0.1, 0.15) is 0 Å². The van der Waals surface area contributed by atoms with Crippen LogP contribution < -0.4 is 5.56 Å². The van der Waals surface area contributed by atoms with Crippen LogP contribution >= 0.6 is 0 Å². The molecule has 130 valence electrons. The molecular formula is C21H14N4O2. The van der Waals surface area contributed by atoms with E-state index >= 15 is 0 Å². The summed E-state index contributed by atoms with van der Waals surface area (Å²) < 4.78 is 6.13. The molecule has 27 heavy (non-hydrogen) atoms. The summed E-state index contributed by atoms with van der Waals surface area (Å²) in [6.45, 7) is 0. The second-order valence-corrected chi connectivity index (χ2v) is 6.17. The molecule has 6 nitrogen and oxygen atoms in total. The van der Waals surface area contributed by atoms with Crippen LogP contribution in [0, 0.1) is 0 Å². The summed E-state index contributed by atoms with van der Waals surface area (Å²) in [6, 6.07) is 15.1. The lowest BCUT2D eigenvalue weighted by Crippen LogP contribution is -2.01. The number of nitrogens with zero attached hydrogens (tertiary/aromatic N) is 2. The second kappa shape index (κ2) is 6.10. The molecule has 0 bridgehead atoms. The van der Waals surface area contributed by atoms with E-state index in [1.54, 1.807) is 31.0 Å². The van der Waals surface area contributed by atoms with Gasteiger partial charge in [0.15, 0.2) is 5.58 Å². The summed E-state index contributed by atoms with van der Waals surface area (Å²) in [5.41, 5.74) is 6.07. The monoisotopic (exact) mass is 354 g/mol. The quantitative estimate of drug-likeness (QED) is 0.507. The zero-order valence-corrected chi connectivity index (χ0v) is 14.1. The van der Waals surface area contributed by atoms with Crippen molar-refractivity contribution in [1.82, 2.24) is 19.9 Å². The number of pyridine rings is 2. The van der Waals surface area contributed by atoms with E-state index in [-0.39, 0.29) is 5.56 Å². The molecule has 0 saturated heterocycles. The highest BCUT2D eigenvalue weighted by molar-refractivity contribution is 5.92. The molecule has 0 amide bonds. The molecule has 2 N–H and O–H groups in total. The molecule has 0 unspecified atom stereocenters. The molecular weight excluding hydrogens is 340 g/mol. The maximum atomic E-state index is 11.3. The van der Waals surface area contributed by atoms with Gasteiger partial charge in [0, 0.05) is 41.2 Å². The van der Waals surface area contributed by atoms with Crippen LogP contribution in [0.3, 0.4) is 0 Å². The van der Waals surface area contributed by atoms with Crippen LogP contribution in [-0.4, -0.2) is 19.9 Å². The average molecular weight is 354 g/mol. The molecule has 0 radical (unpaired) electrons. The van der Waals surface area contributed by atoms with Gasteiger partial charge in [-0.1, -0.05) is 24.3 Å². The van der Waals surface area contributed by atoms with Crippen LogP contribution in [0.25, 0.3) is 44.8 Å². The van der Waals surface area contributed by atoms with E-state index in [0.29, 0.717) is 5.58 Å². The van der Waals surface area contributed by atoms with Gasteiger partial charge in [0.05, 0.1) is 18.2 Å². The summed E-state index contributed by atoms with van der Waals surface area (Å²) in [4.78, 5) is 25.6. The normalized spacial score (nSPS) is 11.1. The zero-order valence-electron chi connectivity index (χ0n) is 14.1. The summed E-state index contributed by atoms with van der Waals surface area (Å²) in [7, 11) is 0. The Kier molecular flexibility index (Phi) is 3.47. The molecule has 0 saturated carbocycles. The van der Waals surface area contributed by atoms with Crippen molar-refractivity contribution in [3.05, 3.63) is 83.8 Å². The average Bonchev–Trinajstić information content (AvgIpc) is 3.38. The van der Waals surface area contributed by atoms with Gasteiger partial charge in [-0.05, 0) is 17.7 Å². The number of nitrogens with one attached hydrogen (secondary N) is 2. The van der Waals surface area contributed by atoms with Crippen LogP contribution in [0.15, 0.2) is 82.7 Å². The first-order valence-electron chi connectivity index (χ1n) is 8.45. The Morgan fingerprint density at radius 2 is 1.70 bits per heavy atom. The predicted octanol–water partition coefficient (Wildman–Crippen LogP) is 4.24. The van der Waals surface area contributed by atoms with Gasteiger partial charge in [-0.3, -0.25) is 9.78 Å². The van der Waals surface area contributed by atoms with Gasteiger partial charge in [-0.15, -0.1) is 0 Å². The number of aromatic nitrogens is 4. The first-order chi connectivity index (χ1) is 13.3. The number of benzene rings is 1. The minimum atomic E-state index is -0.137. The molecule has 0 aliphatic rings. The van der Waals surface area contributed by atoms with E-state index in [9.17, 15) is 4.79 Å². The Morgan fingerprint density at radius 3 is 2.44 bits per heavy atom. The smallest absolute Gasteiger partial charge is 0.247 e. The van der Waals surface area contributed by atoms with Gasteiger partial charge in [-0.25, -0.2) is 4.98 Å². The molecule has 5 aromatic rings. The van der Waals surface area contributed by atoms with E-state index < -0.39 is 0 Å². The minimum Gasteiger partial charge on any atom is -0.454 e. The molecule has 4 aromatic heterocycles. The van der Waals surface area contributed by atoms with E-state index in [0.717, 1.165) is 39.2 Å². The van der Waals surface area contributed by atoms with Crippen LogP contribution in [0.4, 0.5) is 0 Å². The fourth-order valence-electron chi connectivity index (χ4n) is 3.11. The molecule has 5 rings (SSSR count). The van der Waals surface area contributed by atoms with E-state index in [1.165, 1.54) is 6.07 Å². The number of furan rings is 1. The van der Waals surface area contributed by atoms with Crippen molar-refractivity contribution in [3.63, 3.8) is 0 Å². The maximum absolute atomic E-state index is 11.3. The van der Waals surface area contributed by atoms with Crippen molar-refractivity contribution in [2.75, 3.05) is 0 Å². The van der Waals surface area contributed by atoms with Crippen molar-refractivity contribution in [1.29, 1.82) is 0 Å². The number of rotatable bonds is 3. The van der Waals surface area contributed by atoms with Crippen molar-refractivity contribution < 1.29 is 4.42 Å². The van der Waals surface area contributed by atoms with E-state index in [1.807, 2.05) is 36.4 Å². The highest BCUT2D eigenvalue weighted by Crippen LogP contribution is 2.33. The number of hydrogen-bond donors (Lipinski definition) is 2. The summed E-state index contributed by atoms with van der Waals surface area (Å²) >= 11 is 0. The second-order valence-electron chi connectivity index (χ2n) is 6.17. The Labute approximate surface area is 153 Å². The van der Waals surface area contributed by atoms with Crippen LogP contribution in [-0.2, 0) is 0 Å². The molecule has 0 atom stereocenters. The van der Waals surface area contributed by atoms with Crippen LogP contribution in [0.2, 0.25) is 0 Å². The summed E-state index contributed by atoms with van der Waals surface area (Å²) in [5, 5.41) is 0. The van der Waals surface area contributed by atoms with Gasteiger partial charge in [0.2, 0.25) is 5.56 Å². The summed E-state index contributed by atoms with van der Waals surface area (Å²) in [6.07, 6.45) is 6.87. The Balaban J connectivity index is 1.58. The highest BCUT2D eigenvalue weighted by Gasteiger charge is 2.12. The Morgan fingerprint density at radius 1 is 0.889 bits per heavy atom. The van der Waals surface area contributed by atoms with Gasteiger partial charge in [-0.2, -0.15) is 0 Å². The SMILES string of the molecule is O=c1ccc(-c2ccnc3cc(-c4ccc(-c5cnc[nH]5)cc4)oc23)c[nH]1. The standard InChI is InChI=1S/C21H14N4O2/c26-20-6-5-15(10-24-20)16-7-8-23-17-9-19(27-21(16)17)14-3-1-13(2-4-14)18-11-22-12-25-18/h1-12H,(H,22,25)(H,24,26). The van der Waals surface area contributed by atoms with Gasteiger partial charge < -0.3 is 14.4 Å². The number of aromatic amines is 2. The Hall–Kier alpha value is -3.93. The molecule has 6 heteroatoms. The number of imidazole rings is 1. The van der Waals surface area contributed by atoms with Gasteiger partial charge in [0.1, 0.15) is 11.3 Å². The van der Waals surface area contributed by atoms with E-state index in [2.05, 4.69) is 19.9 Å². The number of hydrogen-bond acceptors (Lipinski definition) is 4. The molecule has 1 aromatic carbocycles. The van der Waals surface area contributed by atoms with Crippen molar-refractivity contribution in [2.24, 2.45) is 0 Å². The topological polar surface area (TPSA) is 87.6 Å². The lowest BCUT2D eigenvalue weighted by molar-refractivity contribution is 0.632. The number of fused-ring (bicyclic) bond motifs is 1. The first kappa shape index (κ1) is 15.3. The van der Waals surface area contributed by atoms with Gasteiger partial charge in [0.25, 0.3) is 0 Å². The predicted molar refractivity (Wildman–Crippen MR) is 103 cm³/mol. The van der Waals surface area contributed by atoms with Crippen molar-refractivity contribution in [3.8, 4) is 33.7 Å². The van der Waals surface area contributed by atoms with Crippen molar-refractivity contribution in [2.45, 2.75) is 0 Å². The fraction of sp³-hybridized carbons (Fsp3) is 0. The third-order valence-corrected chi connectivity index (χ3v) is 4.49. The largest absolute Gasteiger partial charge is 0.454 e. The molecule has 0 spiro atoms. The molecule has 0 aliphatic heterocycles. The molecule has 0 fully saturated rings. The van der Waals surface area contributed by atoms with Crippen LogP contribution in [0.5, 0.6) is 0 Å². The third-order valence-electron chi connectivity index (χ3n) is 4.49. The summed E-state index contributed by atoms with van der Waals surface area (Å²) in [5.74, 6) is 0.741. The van der Waals surface area contributed by atoms with E-state index in [4.69, 9.17) is 4.42 Å². The molecule has 0 aliphatic carbocycles. The van der Waals surface area contributed by atoms with Crippen molar-refractivity contribution >= 4 is 11.1 Å². The lowest BCUT2D eigenvalue weighted by atomic mass is 10.1.